The van der Waals surface area contributed by atoms with E-state index in [0.29, 0.717) is 61.1 Å². The van der Waals surface area contributed by atoms with Crippen molar-refractivity contribution in [2.24, 2.45) is 5.16 Å². The van der Waals surface area contributed by atoms with Gasteiger partial charge in [-0.25, -0.2) is 4.79 Å². The van der Waals surface area contributed by atoms with E-state index in [1.54, 1.807) is 23.1 Å². The molecule has 0 atom stereocenters. The first-order chi connectivity index (χ1) is 15.9. The standard InChI is InChI=1S/C23H23F2N3O4S/c24-21(25)33-18-8-4-7-17(13-18)20(29)28-11-9-23(10-12-28)14-19(27-32-23)31-22(30)26-15-16-5-2-1-3-6-16/h1-8,13,21H,9-12,14-15H2,(H,26,30). The van der Waals surface area contributed by atoms with E-state index in [1.165, 1.54) is 6.07 Å². The molecule has 1 saturated heterocycles. The number of alkyl carbamates (subject to hydrolysis) is 1. The Kier molecular flexibility index (Phi) is 7.12. The van der Waals surface area contributed by atoms with Crippen molar-refractivity contribution >= 4 is 29.7 Å². The maximum absolute atomic E-state index is 12.8. The number of carbonyl (C=O) groups excluding carboxylic acids is 2. The molecule has 0 aromatic heterocycles. The van der Waals surface area contributed by atoms with Crippen molar-refractivity contribution < 1.29 is 27.9 Å². The molecule has 1 fully saturated rings. The van der Waals surface area contributed by atoms with Crippen LogP contribution in [0.5, 0.6) is 0 Å². The van der Waals surface area contributed by atoms with Crippen molar-refractivity contribution in [2.75, 3.05) is 13.1 Å². The van der Waals surface area contributed by atoms with Gasteiger partial charge in [0.1, 0.15) is 5.60 Å². The molecule has 0 saturated carbocycles. The number of alkyl halides is 2. The Morgan fingerprint density at radius 1 is 1.15 bits per heavy atom. The number of hydrogen-bond donors (Lipinski definition) is 1. The van der Waals surface area contributed by atoms with Gasteiger partial charge >= 0.3 is 6.09 Å². The minimum atomic E-state index is -2.54. The Labute approximate surface area is 194 Å². The number of nitrogens with one attached hydrogen (secondary N) is 1. The van der Waals surface area contributed by atoms with Crippen LogP contribution in [0.3, 0.4) is 0 Å². The van der Waals surface area contributed by atoms with E-state index in [0.717, 1.165) is 5.56 Å². The van der Waals surface area contributed by atoms with Crippen LogP contribution in [-0.4, -0.2) is 47.2 Å². The number of oxime groups is 1. The predicted octanol–water partition coefficient (Wildman–Crippen LogP) is 4.64. The number of hydrogen-bond acceptors (Lipinski definition) is 6. The predicted molar refractivity (Wildman–Crippen MR) is 119 cm³/mol. The number of likely N-dealkylation sites (tertiary alicyclic amines) is 1. The first kappa shape index (κ1) is 23.0. The quantitative estimate of drug-likeness (QED) is 0.638. The number of halogens is 2. The Hall–Kier alpha value is -3.14. The molecular formula is C23H23F2N3O4S. The van der Waals surface area contributed by atoms with Crippen LogP contribution in [0.25, 0.3) is 0 Å². The van der Waals surface area contributed by atoms with Gasteiger partial charge in [-0.1, -0.05) is 53.3 Å². The monoisotopic (exact) mass is 475 g/mol. The molecule has 2 amide bonds. The molecule has 2 aromatic rings. The minimum absolute atomic E-state index is 0.206. The molecule has 0 radical (unpaired) electrons. The molecule has 7 nitrogen and oxygen atoms in total. The number of nitrogens with zero attached hydrogens (tertiary/aromatic N) is 2. The molecule has 0 bridgehead atoms. The third kappa shape index (κ3) is 6.01. The molecular weight excluding hydrogens is 452 g/mol. The van der Waals surface area contributed by atoms with Crippen molar-refractivity contribution in [3.63, 3.8) is 0 Å². The second-order valence-corrected chi connectivity index (χ2v) is 8.93. The summed E-state index contributed by atoms with van der Waals surface area (Å²) in [5.41, 5.74) is 0.712. The average Bonchev–Trinajstić information content (AvgIpc) is 3.20. The summed E-state index contributed by atoms with van der Waals surface area (Å²) in [6, 6.07) is 15.7. The third-order valence-corrected chi connectivity index (χ3v) is 6.28. The maximum atomic E-state index is 12.8. The molecule has 0 unspecified atom stereocenters. The van der Waals surface area contributed by atoms with E-state index < -0.39 is 17.5 Å². The smallest absolute Gasteiger partial charge is 0.392 e. The lowest BCUT2D eigenvalue weighted by atomic mass is 9.88. The summed E-state index contributed by atoms with van der Waals surface area (Å²) >= 11 is 0.413. The number of piperidine rings is 1. The Balaban J connectivity index is 1.25. The van der Waals surface area contributed by atoms with E-state index in [-0.39, 0.29) is 11.8 Å². The highest BCUT2D eigenvalue weighted by atomic mass is 32.2. The fraction of sp³-hybridized carbons (Fsp3) is 0.348. The van der Waals surface area contributed by atoms with E-state index in [9.17, 15) is 18.4 Å². The molecule has 33 heavy (non-hydrogen) atoms. The van der Waals surface area contributed by atoms with Crippen LogP contribution >= 0.6 is 11.8 Å². The van der Waals surface area contributed by atoms with Crippen molar-refractivity contribution in [2.45, 2.75) is 42.1 Å². The molecule has 2 aromatic carbocycles. The van der Waals surface area contributed by atoms with Crippen LogP contribution in [0.2, 0.25) is 0 Å². The zero-order valence-corrected chi connectivity index (χ0v) is 18.5. The van der Waals surface area contributed by atoms with E-state index in [4.69, 9.17) is 9.57 Å². The zero-order valence-electron chi connectivity index (χ0n) is 17.7. The summed E-state index contributed by atoms with van der Waals surface area (Å²) in [5.74, 6) is -2.55. The number of carbonyl (C=O) groups is 2. The zero-order chi connectivity index (χ0) is 23.3. The largest absolute Gasteiger partial charge is 0.414 e. The lowest BCUT2D eigenvalue weighted by molar-refractivity contribution is -0.0568. The number of ether oxygens (including phenoxy) is 1. The first-order valence-corrected chi connectivity index (χ1v) is 11.4. The summed E-state index contributed by atoms with van der Waals surface area (Å²) in [6.07, 6.45) is 0.777. The number of thioether (sulfide) groups is 1. The van der Waals surface area contributed by atoms with E-state index in [2.05, 4.69) is 10.5 Å². The molecule has 1 spiro atoms. The van der Waals surface area contributed by atoms with Crippen molar-refractivity contribution in [3.8, 4) is 0 Å². The van der Waals surface area contributed by atoms with Gasteiger partial charge in [0.05, 0.1) is 6.42 Å². The van der Waals surface area contributed by atoms with Gasteiger partial charge in [-0.15, -0.1) is 0 Å². The van der Waals surface area contributed by atoms with Crippen molar-refractivity contribution in [3.05, 3.63) is 65.7 Å². The van der Waals surface area contributed by atoms with Gasteiger partial charge in [-0.2, -0.15) is 8.78 Å². The normalized spacial score (nSPS) is 16.9. The van der Waals surface area contributed by atoms with Crippen LogP contribution in [0.1, 0.15) is 35.2 Å². The number of rotatable bonds is 5. The molecule has 2 aliphatic rings. The molecule has 2 aliphatic heterocycles. The number of benzene rings is 2. The minimum Gasteiger partial charge on any atom is -0.392 e. The lowest BCUT2D eigenvalue weighted by Crippen LogP contribution is -2.47. The summed E-state index contributed by atoms with van der Waals surface area (Å²) in [4.78, 5) is 32.5. The molecule has 0 aliphatic carbocycles. The highest BCUT2D eigenvalue weighted by Crippen LogP contribution is 2.35. The van der Waals surface area contributed by atoms with Crippen molar-refractivity contribution in [1.29, 1.82) is 0 Å². The van der Waals surface area contributed by atoms with Gasteiger partial charge < -0.3 is 19.8 Å². The van der Waals surface area contributed by atoms with E-state index in [1.807, 2.05) is 30.3 Å². The summed E-state index contributed by atoms with van der Waals surface area (Å²) in [5, 5.41) is 6.61. The Morgan fingerprint density at radius 3 is 2.64 bits per heavy atom. The second kappa shape index (κ2) is 10.2. The summed E-state index contributed by atoms with van der Waals surface area (Å²) < 4.78 is 30.5. The Morgan fingerprint density at radius 2 is 1.91 bits per heavy atom. The van der Waals surface area contributed by atoms with Gasteiger partial charge in [0, 0.05) is 42.9 Å². The van der Waals surface area contributed by atoms with Gasteiger partial charge in [-0.3, -0.25) is 4.79 Å². The molecule has 10 heteroatoms. The summed E-state index contributed by atoms with van der Waals surface area (Å²) in [6.45, 7) is 1.19. The fourth-order valence-corrected chi connectivity index (χ4v) is 4.39. The van der Waals surface area contributed by atoms with Gasteiger partial charge in [0.2, 0.25) is 5.90 Å². The molecule has 174 valence electrons. The Bertz CT molecular complexity index is 1030. The van der Waals surface area contributed by atoms with Crippen LogP contribution in [0, 0.1) is 0 Å². The fourth-order valence-electron chi connectivity index (χ4n) is 3.83. The van der Waals surface area contributed by atoms with Crippen LogP contribution in [0.15, 0.2) is 64.6 Å². The van der Waals surface area contributed by atoms with Gasteiger partial charge in [0.15, 0.2) is 0 Å². The third-order valence-electron chi connectivity index (χ3n) is 5.57. The SMILES string of the molecule is O=C(NCc1ccccc1)OC1=NOC2(CCN(C(=O)c3cccc(SC(F)F)c3)CC2)C1. The van der Waals surface area contributed by atoms with Crippen LogP contribution in [-0.2, 0) is 16.1 Å². The van der Waals surface area contributed by atoms with Crippen molar-refractivity contribution in [1.82, 2.24) is 10.2 Å². The van der Waals surface area contributed by atoms with Crippen LogP contribution in [0.4, 0.5) is 13.6 Å². The first-order valence-electron chi connectivity index (χ1n) is 10.5. The average molecular weight is 476 g/mol. The van der Waals surface area contributed by atoms with Gasteiger partial charge in [-0.05, 0) is 23.8 Å². The summed E-state index contributed by atoms with van der Waals surface area (Å²) in [7, 11) is 0. The highest BCUT2D eigenvalue weighted by molar-refractivity contribution is 7.99. The van der Waals surface area contributed by atoms with Gasteiger partial charge in [0.25, 0.3) is 11.7 Å². The molecule has 2 heterocycles. The van der Waals surface area contributed by atoms with Crippen LogP contribution < -0.4 is 5.32 Å². The molecule has 1 N–H and O–H groups in total. The lowest BCUT2D eigenvalue weighted by Gasteiger charge is -2.37. The maximum Gasteiger partial charge on any atom is 0.414 e. The second-order valence-electron chi connectivity index (χ2n) is 7.86. The topological polar surface area (TPSA) is 80.2 Å². The molecule has 4 rings (SSSR count). The van der Waals surface area contributed by atoms with E-state index >= 15 is 0 Å². The highest BCUT2D eigenvalue weighted by Gasteiger charge is 2.44. The number of amides is 2.